The van der Waals surface area contributed by atoms with Crippen molar-refractivity contribution in [3.63, 3.8) is 0 Å². The maximum absolute atomic E-state index is 12.2. The number of hydrogen-bond donors (Lipinski definition) is 1. The molecular formula is C14H22N4O. The average molecular weight is 262 g/mol. The van der Waals surface area contributed by atoms with Crippen molar-refractivity contribution >= 4 is 11.7 Å². The van der Waals surface area contributed by atoms with Crippen LogP contribution in [-0.4, -0.2) is 40.4 Å². The molecular weight excluding hydrogens is 240 g/mol. The molecule has 0 atom stereocenters. The van der Waals surface area contributed by atoms with Crippen molar-refractivity contribution in [1.29, 1.82) is 0 Å². The molecule has 5 nitrogen and oxygen atoms in total. The van der Waals surface area contributed by atoms with Crippen molar-refractivity contribution in [3.05, 3.63) is 18.1 Å². The summed E-state index contributed by atoms with van der Waals surface area (Å²) in [5, 5.41) is 3.19. The van der Waals surface area contributed by atoms with Crippen molar-refractivity contribution in [2.45, 2.75) is 39.0 Å². The lowest BCUT2D eigenvalue weighted by Crippen LogP contribution is -2.36. The number of unbranched alkanes of at least 4 members (excludes halogenated alkanes) is 1. The standard InChI is InChI=1S/C14H22N4O/c1-2-3-7-15-13-11-16-12(10-17-13)14(19)18-8-5-4-6-9-18/h10-11H,2-9H2,1H3,(H,15,17). The van der Waals surface area contributed by atoms with Crippen molar-refractivity contribution in [2.24, 2.45) is 0 Å². The number of rotatable bonds is 5. The highest BCUT2D eigenvalue weighted by Crippen LogP contribution is 2.12. The zero-order chi connectivity index (χ0) is 13.5. The molecule has 19 heavy (non-hydrogen) atoms. The van der Waals surface area contributed by atoms with Crippen molar-refractivity contribution < 1.29 is 4.79 Å². The molecule has 0 radical (unpaired) electrons. The second-order valence-corrected chi connectivity index (χ2v) is 4.92. The van der Waals surface area contributed by atoms with E-state index in [0.29, 0.717) is 5.69 Å². The van der Waals surface area contributed by atoms with Crippen LogP contribution in [0, 0.1) is 0 Å². The molecule has 1 aliphatic heterocycles. The Bertz CT molecular complexity index is 398. The average Bonchev–Trinajstić information content (AvgIpc) is 2.48. The molecule has 5 heteroatoms. The number of likely N-dealkylation sites (tertiary alicyclic amines) is 1. The summed E-state index contributed by atoms with van der Waals surface area (Å²) in [4.78, 5) is 22.5. The predicted octanol–water partition coefficient (Wildman–Crippen LogP) is 2.31. The van der Waals surface area contributed by atoms with E-state index < -0.39 is 0 Å². The quantitative estimate of drug-likeness (QED) is 0.827. The van der Waals surface area contributed by atoms with Crippen LogP contribution in [0.1, 0.15) is 49.5 Å². The van der Waals surface area contributed by atoms with Gasteiger partial charge in [0.15, 0.2) is 0 Å². The molecule has 2 rings (SSSR count). The molecule has 1 saturated heterocycles. The maximum atomic E-state index is 12.2. The summed E-state index contributed by atoms with van der Waals surface area (Å²) >= 11 is 0. The fourth-order valence-corrected chi connectivity index (χ4v) is 2.18. The minimum absolute atomic E-state index is 0.00677. The number of nitrogens with one attached hydrogen (secondary N) is 1. The van der Waals surface area contributed by atoms with Gasteiger partial charge in [0.1, 0.15) is 11.5 Å². The van der Waals surface area contributed by atoms with Gasteiger partial charge in [-0.05, 0) is 25.7 Å². The van der Waals surface area contributed by atoms with Gasteiger partial charge in [0.25, 0.3) is 5.91 Å². The molecule has 1 aromatic rings. The van der Waals surface area contributed by atoms with Crippen LogP contribution in [0.15, 0.2) is 12.4 Å². The monoisotopic (exact) mass is 262 g/mol. The van der Waals surface area contributed by atoms with Gasteiger partial charge in [-0.25, -0.2) is 9.97 Å². The third kappa shape index (κ3) is 3.91. The Balaban J connectivity index is 1.91. The zero-order valence-electron chi connectivity index (χ0n) is 11.6. The van der Waals surface area contributed by atoms with Crippen LogP contribution in [0.4, 0.5) is 5.82 Å². The first kappa shape index (κ1) is 13.8. The lowest BCUT2D eigenvalue weighted by molar-refractivity contribution is 0.0718. The van der Waals surface area contributed by atoms with E-state index in [9.17, 15) is 4.79 Å². The summed E-state index contributed by atoms with van der Waals surface area (Å²) in [5.74, 6) is 0.746. The Morgan fingerprint density at radius 3 is 2.68 bits per heavy atom. The van der Waals surface area contributed by atoms with Crippen LogP contribution >= 0.6 is 0 Å². The van der Waals surface area contributed by atoms with Crippen LogP contribution in [0.2, 0.25) is 0 Å². The first-order valence-electron chi connectivity index (χ1n) is 7.16. The molecule has 1 amide bonds. The molecule has 0 aromatic carbocycles. The SMILES string of the molecule is CCCCNc1cnc(C(=O)N2CCCCC2)cn1. The Kier molecular flexibility index (Phi) is 5.12. The lowest BCUT2D eigenvalue weighted by Gasteiger charge is -2.26. The first-order valence-corrected chi connectivity index (χ1v) is 7.16. The molecule has 104 valence electrons. The number of carbonyl (C=O) groups is 1. The number of piperidine rings is 1. The normalized spacial score (nSPS) is 15.3. The summed E-state index contributed by atoms with van der Waals surface area (Å²) in [6, 6.07) is 0. The second-order valence-electron chi connectivity index (χ2n) is 4.92. The number of nitrogens with zero attached hydrogens (tertiary/aromatic N) is 3. The van der Waals surface area contributed by atoms with Gasteiger partial charge in [-0.1, -0.05) is 13.3 Å². The van der Waals surface area contributed by atoms with Crippen LogP contribution in [0.3, 0.4) is 0 Å². The highest BCUT2D eigenvalue weighted by molar-refractivity contribution is 5.92. The Labute approximate surface area is 114 Å². The molecule has 0 spiro atoms. The highest BCUT2D eigenvalue weighted by atomic mass is 16.2. The van der Waals surface area contributed by atoms with Gasteiger partial charge in [-0.2, -0.15) is 0 Å². The summed E-state index contributed by atoms with van der Waals surface area (Å²) in [7, 11) is 0. The lowest BCUT2D eigenvalue weighted by atomic mass is 10.1. The minimum Gasteiger partial charge on any atom is -0.369 e. The molecule has 0 saturated carbocycles. The topological polar surface area (TPSA) is 58.1 Å². The van der Waals surface area contributed by atoms with Gasteiger partial charge < -0.3 is 10.2 Å². The zero-order valence-corrected chi connectivity index (χ0v) is 11.6. The Hall–Kier alpha value is -1.65. The summed E-state index contributed by atoms with van der Waals surface area (Å²) in [5.41, 5.74) is 0.447. The van der Waals surface area contributed by atoms with Crippen LogP contribution in [0.5, 0.6) is 0 Å². The summed E-state index contributed by atoms with van der Waals surface area (Å²) in [6.07, 6.45) is 8.88. The third-order valence-electron chi connectivity index (χ3n) is 3.35. The van der Waals surface area contributed by atoms with Gasteiger partial charge in [0.05, 0.1) is 12.4 Å². The van der Waals surface area contributed by atoms with E-state index in [1.807, 2.05) is 4.90 Å². The van der Waals surface area contributed by atoms with E-state index in [-0.39, 0.29) is 5.91 Å². The molecule has 0 unspecified atom stereocenters. The molecule has 1 aliphatic rings. The molecule has 0 bridgehead atoms. The fraction of sp³-hybridized carbons (Fsp3) is 0.643. The minimum atomic E-state index is 0.00677. The van der Waals surface area contributed by atoms with E-state index in [2.05, 4.69) is 22.2 Å². The molecule has 2 heterocycles. The van der Waals surface area contributed by atoms with E-state index >= 15 is 0 Å². The number of carbonyl (C=O) groups excluding carboxylic acids is 1. The molecule has 1 aromatic heterocycles. The van der Waals surface area contributed by atoms with Crippen LogP contribution in [0.25, 0.3) is 0 Å². The summed E-state index contributed by atoms with van der Waals surface area (Å²) < 4.78 is 0. The van der Waals surface area contributed by atoms with Crippen LogP contribution < -0.4 is 5.32 Å². The van der Waals surface area contributed by atoms with E-state index in [1.54, 1.807) is 12.4 Å². The Morgan fingerprint density at radius 1 is 1.26 bits per heavy atom. The smallest absolute Gasteiger partial charge is 0.274 e. The largest absolute Gasteiger partial charge is 0.369 e. The number of hydrogen-bond acceptors (Lipinski definition) is 4. The van der Waals surface area contributed by atoms with Gasteiger partial charge in [-0.15, -0.1) is 0 Å². The van der Waals surface area contributed by atoms with E-state index in [4.69, 9.17) is 0 Å². The van der Waals surface area contributed by atoms with E-state index in [0.717, 1.165) is 51.1 Å². The molecule has 1 fully saturated rings. The van der Waals surface area contributed by atoms with Gasteiger partial charge >= 0.3 is 0 Å². The number of aromatic nitrogens is 2. The highest BCUT2D eigenvalue weighted by Gasteiger charge is 2.19. The van der Waals surface area contributed by atoms with Crippen molar-refractivity contribution in [3.8, 4) is 0 Å². The predicted molar refractivity (Wildman–Crippen MR) is 75.2 cm³/mol. The first-order chi connectivity index (χ1) is 9.31. The third-order valence-corrected chi connectivity index (χ3v) is 3.35. The fourth-order valence-electron chi connectivity index (χ4n) is 2.18. The van der Waals surface area contributed by atoms with Gasteiger partial charge in [-0.3, -0.25) is 4.79 Å². The summed E-state index contributed by atoms with van der Waals surface area (Å²) in [6.45, 7) is 4.73. The molecule has 1 N–H and O–H groups in total. The maximum Gasteiger partial charge on any atom is 0.274 e. The van der Waals surface area contributed by atoms with Crippen LogP contribution in [-0.2, 0) is 0 Å². The van der Waals surface area contributed by atoms with Gasteiger partial charge in [0.2, 0.25) is 0 Å². The number of amides is 1. The van der Waals surface area contributed by atoms with Gasteiger partial charge in [0, 0.05) is 19.6 Å². The second kappa shape index (κ2) is 7.07. The van der Waals surface area contributed by atoms with Crippen molar-refractivity contribution in [2.75, 3.05) is 25.0 Å². The molecule has 0 aliphatic carbocycles. The van der Waals surface area contributed by atoms with E-state index in [1.165, 1.54) is 6.42 Å². The Morgan fingerprint density at radius 2 is 2.05 bits per heavy atom. The van der Waals surface area contributed by atoms with Crippen molar-refractivity contribution in [1.82, 2.24) is 14.9 Å². The number of anilines is 1.